The Kier molecular flexibility index (Phi) is 2.41. The van der Waals surface area contributed by atoms with Crippen LogP contribution in [-0.2, 0) is 4.79 Å². The van der Waals surface area contributed by atoms with Gasteiger partial charge in [0.1, 0.15) is 4.60 Å². The fraction of sp³-hybridized carbons (Fsp3) is 0.273. The molecule has 2 heterocycles. The third-order valence-corrected chi connectivity index (χ3v) is 3.51. The zero-order valence-electron chi connectivity index (χ0n) is 8.85. The van der Waals surface area contributed by atoms with E-state index in [0.717, 1.165) is 21.2 Å². The highest BCUT2D eigenvalue weighted by molar-refractivity contribution is 9.10. The van der Waals surface area contributed by atoms with Gasteiger partial charge < -0.3 is 10.0 Å². The van der Waals surface area contributed by atoms with Gasteiger partial charge in [0.25, 0.3) is 0 Å². The maximum Gasteiger partial charge on any atom is 0.229 e. The van der Waals surface area contributed by atoms with Gasteiger partial charge in [-0.05, 0) is 34.1 Å². The van der Waals surface area contributed by atoms with Gasteiger partial charge in [0.05, 0.1) is 24.6 Å². The zero-order chi connectivity index (χ0) is 12.0. The quantitative estimate of drug-likeness (QED) is 0.836. The molecule has 2 N–H and O–H groups in total. The Morgan fingerprint density at radius 2 is 2.35 bits per heavy atom. The molecule has 5 nitrogen and oxygen atoms in total. The van der Waals surface area contributed by atoms with Crippen molar-refractivity contribution in [2.75, 3.05) is 11.4 Å². The summed E-state index contributed by atoms with van der Waals surface area (Å²) in [6.45, 7) is 0.361. The summed E-state index contributed by atoms with van der Waals surface area (Å²) >= 11 is 3.37. The molecule has 1 aliphatic heterocycles. The molecular formula is C11H10BrN3O2. The maximum absolute atomic E-state index is 11.7. The number of carbonyl (C=O) groups excluding carboxylic acids is 1. The van der Waals surface area contributed by atoms with Crippen molar-refractivity contribution < 1.29 is 9.90 Å². The van der Waals surface area contributed by atoms with E-state index >= 15 is 0 Å². The summed E-state index contributed by atoms with van der Waals surface area (Å²) in [6.07, 6.45) is -0.365. The molecule has 6 heteroatoms. The molecule has 1 atom stereocenters. The maximum atomic E-state index is 11.7. The second-order valence-corrected chi connectivity index (χ2v) is 4.89. The number of fused-ring (bicyclic) bond motifs is 1. The third kappa shape index (κ3) is 1.73. The van der Waals surface area contributed by atoms with Crippen molar-refractivity contribution in [1.29, 1.82) is 0 Å². The summed E-state index contributed by atoms with van der Waals surface area (Å²) in [4.78, 5) is 13.3. The number of halogens is 1. The molecule has 88 valence electrons. The minimum absolute atomic E-state index is 0.0449. The SMILES string of the molecule is O=C1CC(O)CN1c1ccc2n[nH]c(Br)c2c1. The average Bonchev–Trinajstić information content (AvgIpc) is 2.83. The summed E-state index contributed by atoms with van der Waals surface area (Å²) in [7, 11) is 0. The van der Waals surface area contributed by atoms with Gasteiger partial charge in [0, 0.05) is 11.1 Å². The first-order valence-corrected chi connectivity index (χ1v) is 6.06. The molecule has 1 fully saturated rings. The van der Waals surface area contributed by atoms with Crippen molar-refractivity contribution in [2.24, 2.45) is 0 Å². The number of rotatable bonds is 1. The molecule has 1 aromatic carbocycles. The number of nitrogens with one attached hydrogen (secondary N) is 1. The summed E-state index contributed by atoms with van der Waals surface area (Å²) in [5.41, 5.74) is 1.63. The van der Waals surface area contributed by atoms with Crippen LogP contribution >= 0.6 is 15.9 Å². The molecule has 3 rings (SSSR count). The molecule has 17 heavy (non-hydrogen) atoms. The molecular weight excluding hydrogens is 286 g/mol. The topological polar surface area (TPSA) is 69.2 Å². The van der Waals surface area contributed by atoms with E-state index < -0.39 is 6.10 Å². The Morgan fingerprint density at radius 3 is 3.06 bits per heavy atom. The van der Waals surface area contributed by atoms with Crippen LogP contribution in [-0.4, -0.2) is 33.9 Å². The van der Waals surface area contributed by atoms with Crippen LogP contribution in [0.1, 0.15) is 6.42 Å². The van der Waals surface area contributed by atoms with Gasteiger partial charge in [0.2, 0.25) is 5.91 Å². The van der Waals surface area contributed by atoms with Crippen LogP contribution in [0.5, 0.6) is 0 Å². The number of amides is 1. The van der Waals surface area contributed by atoms with E-state index in [1.807, 2.05) is 18.2 Å². The predicted molar refractivity (Wildman–Crippen MR) is 66.8 cm³/mol. The molecule has 1 aliphatic rings. The largest absolute Gasteiger partial charge is 0.391 e. The lowest BCUT2D eigenvalue weighted by Crippen LogP contribution is -2.25. The number of anilines is 1. The molecule has 0 bridgehead atoms. The Hall–Kier alpha value is -1.40. The fourth-order valence-electron chi connectivity index (χ4n) is 2.07. The number of hydrogen-bond acceptors (Lipinski definition) is 3. The van der Waals surface area contributed by atoms with Crippen molar-refractivity contribution in [2.45, 2.75) is 12.5 Å². The van der Waals surface area contributed by atoms with E-state index in [0.29, 0.717) is 6.54 Å². The standard InChI is InChI=1S/C11H10BrN3O2/c12-11-8-3-6(1-2-9(8)13-14-11)15-5-7(16)4-10(15)17/h1-3,7,16H,4-5H2,(H,13,14). The molecule has 1 amide bonds. The normalized spacial score (nSPS) is 20.5. The lowest BCUT2D eigenvalue weighted by Gasteiger charge is -2.15. The van der Waals surface area contributed by atoms with E-state index in [1.54, 1.807) is 4.90 Å². The van der Waals surface area contributed by atoms with Crippen LogP contribution < -0.4 is 4.90 Å². The van der Waals surface area contributed by atoms with Crippen LogP contribution in [0.25, 0.3) is 10.9 Å². The first kappa shape index (κ1) is 10.7. The molecule has 0 spiro atoms. The Bertz CT molecular complexity index is 595. The second kappa shape index (κ2) is 3.82. The van der Waals surface area contributed by atoms with Crippen LogP contribution in [0.15, 0.2) is 22.8 Å². The molecule has 0 saturated carbocycles. The van der Waals surface area contributed by atoms with Gasteiger partial charge in [-0.2, -0.15) is 5.10 Å². The smallest absolute Gasteiger partial charge is 0.229 e. The number of carbonyl (C=O) groups is 1. The monoisotopic (exact) mass is 295 g/mol. The lowest BCUT2D eigenvalue weighted by atomic mass is 10.2. The predicted octanol–water partition coefficient (Wildman–Crippen LogP) is 1.42. The highest BCUT2D eigenvalue weighted by Crippen LogP contribution is 2.28. The zero-order valence-corrected chi connectivity index (χ0v) is 10.4. The Labute approximate surface area is 106 Å². The fourth-order valence-corrected chi connectivity index (χ4v) is 2.48. The van der Waals surface area contributed by atoms with Crippen molar-refractivity contribution in [3.8, 4) is 0 Å². The van der Waals surface area contributed by atoms with Crippen LogP contribution in [0, 0.1) is 0 Å². The number of β-amino-alcohol motifs (C(OH)–C–C–N with tert-alkyl or cyclic N) is 1. The molecule has 0 radical (unpaired) electrons. The number of H-pyrrole nitrogens is 1. The highest BCUT2D eigenvalue weighted by Gasteiger charge is 2.29. The van der Waals surface area contributed by atoms with Gasteiger partial charge in [-0.3, -0.25) is 9.89 Å². The number of benzene rings is 1. The second-order valence-electron chi connectivity index (χ2n) is 4.10. The molecule has 2 aromatic rings. The van der Waals surface area contributed by atoms with E-state index in [1.165, 1.54) is 0 Å². The highest BCUT2D eigenvalue weighted by atomic mass is 79.9. The molecule has 1 saturated heterocycles. The van der Waals surface area contributed by atoms with Crippen LogP contribution in [0.2, 0.25) is 0 Å². The summed E-state index contributed by atoms with van der Waals surface area (Å²) < 4.78 is 0.793. The number of aromatic nitrogens is 2. The molecule has 1 aromatic heterocycles. The number of nitrogens with zero attached hydrogens (tertiary/aromatic N) is 2. The number of aliphatic hydroxyl groups excluding tert-OH is 1. The molecule has 1 unspecified atom stereocenters. The summed E-state index contributed by atoms with van der Waals surface area (Å²) in [6, 6.07) is 5.58. The Balaban J connectivity index is 2.06. The number of aromatic amines is 1. The lowest BCUT2D eigenvalue weighted by molar-refractivity contribution is -0.117. The molecule has 0 aliphatic carbocycles. The van der Waals surface area contributed by atoms with Gasteiger partial charge >= 0.3 is 0 Å². The van der Waals surface area contributed by atoms with E-state index in [-0.39, 0.29) is 12.3 Å². The van der Waals surface area contributed by atoms with E-state index in [9.17, 15) is 9.90 Å². The average molecular weight is 296 g/mol. The van der Waals surface area contributed by atoms with E-state index in [2.05, 4.69) is 26.1 Å². The van der Waals surface area contributed by atoms with Crippen molar-refractivity contribution in [3.05, 3.63) is 22.8 Å². The summed E-state index contributed by atoms with van der Waals surface area (Å²) in [5, 5.41) is 17.3. The van der Waals surface area contributed by atoms with Gasteiger partial charge in [0.15, 0.2) is 0 Å². The van der Waals surface area contributed by atoms with Gasteiger partial charge in [-0.25, -0.2) is 0 Å². The Morgan fingerprint density at radius 1 is 1.53 bits per heavy atom. The minimum atomic E-state index is -0.564. The first-order valence-electron chi connectivity index (χ1n) is 5.27. The number of hydrogen-bond donors (Lipinski definition) is 2. The third-order valence-electron chi connectivity index (χ3n) is 2.91. The van der Waals surface area contributed by atoms with Crippen molar-refractivity contribution in [3.63, 3.8) is 0 Å². The number of aliphatic hydroxyl groups is 1. The van der Waals surface area contributed by atoms with Crippen molar-refractivity contribution in [1.82, 2.24) is 10.2 Å². The van der Waals surface area contributed by atoms with E-state index in [4.69, 9.17) is 0 Å². The minimum Gasteiger partial charge on any atom is -0.391 e. The van der Waals surface area contributed by atoms with Crippen molar-refractivity contribution >= 4 is 38.4 Å². The summed E-state index contributed by atoms with van der Waals surface area (Å²) in [5.74, 6) is -0.0449. The first-order chi connectivity index (χ1) is 8.15. The van der Waals surface area contributed by atoms with Crippen LogP contribution in [0.3, 0.4) is 0 Å². The van der Waals surface area contributed by atoms with Gasteiger partial charge in [-0.1, -0.05) is 0 Å². The van der Waals surface area contributed by atoms with Crippen LogP contribution in [0.4, 0.5) is 5.69 Å². The van der Waals surface area contributed by atoms with Gasteiger partial charge in [-0.15, -0.1) is 0 Å².